The molecule has 0 spiro atoms. The van der Waals surface area contributed by atoms with Crippen molar-refractivity contribution in [2.45, 2.75) is 44.6 Å². The number of hydrogen-bond donors (Lipinski definition) is 1. The van der Waals surface area contributed by atoms with Crippen molar-refractivity contribution >= 4 is 17.7 Å². The van der Waals surface area contributed by atoms with Crippen LogP contribution in [0.3, 0.4) is 0 Å². The third-order valence-electron chi connectivity index (χ3n) is 5.34. The second-order valence-corrected chi connectivity index (χ2v) is 7.62. The first kappa shape index (κ1) is 21.3. The Bertz CT molecular complexity index is 983. The number of carbonyl (C=O) groups excluding carboxylic acids is 3. The van der Waals surface area contributed by atoms with Crippen LogP contribution in [0.5, 0.6) is 0 Å². The first-order valence-corrected chi connectivity index (χ1v) is 10.0. The normalized spacial score (nSPS) is 14.9. The lowest BCUT2D eigenvalue weighted by molar-refractivity contribution is -0.125. The Hall–Kier alpha value is -3.46. The summed E-state index contributed by atoms with van der Waals surface area (Å²) in [5.41, 5.74) is 0.919. The molecule has 1 N–H and O–H groups in total. The molecule has 6 heteroatoms. The molecular formula is C24H24N2O4. The van der Waals surface area contributed by atoms with E-state index >= 15 is 0 Å². The van der Waals surface area contributed by atoms with Crippen LogP contribution in [0.2, 0.25) is 0 Å². The predicted molar refractivity (Wildman–Crippen MR) is 111 cm³/mol. The van der Waals surface area contributed by atoms with Gasteiger partial charge in [0.1, 0.15) is 5.54 Å². The Morgan fingerprint density at radius 2 is 1.63 bits per heavy atom. The standard InChI is InChI=1S/C24H24N2O4/c1-17-9-11-18(12-10-17)22(28)19-7-3-4-8-20(19)23(29)30-15-21(27)26-24(16-25)13-5-2-6-14-24/h3-4,7-12H,2,5-6,13-15H2,1H3,(H,26,27). The van der Waals surface area contributed by atoms with E-state index in [0.717, 1.165) is 24.8 Å². The van der Waals surface area contributed by atoms with Crippen molar-refractivity contribution in [2.24, 2.45) is 0 Å². The quantitative estimate of drug-likeness (QED) is 0.585. The Labute approximate surface area is 175 Å². The molecule has 0 unspecified atom stereocenters. The van der Waals surface area contributed by atoms with Gasteiger partial charge < -0.3 is 10.1 Å². The lowest BCUT2D eigenvalue weighted by Crippen LogP contribution is -2.50. The Morgan fingerprint density at radius 1 is 1.00 bits per heavy atom. The zero-order valence-electron chi connectivity index (χ0n) is 16.9. The molecule has 0 heterocycles. The first-order chi connectivity index (χ1) is 14.4. The van der Waals surface area contributed by atoms with Crippen molar-refractivity contribution in [1.82, 2.24) is 5.32 Å². The van der Waals surface area contributed by atoms with Gasteiger partial charge in [-0.2, -0.15) is 5.26 Å². The van der Waals surface area contributed by atoms with Gasteiger partial charge in [-0.15, -0.1) is 0 Å². The molecule has 154 valence electrons. The highest BCUT2D eigenvalue weighted by Gasteiger charge is 2.33. The Kier molecular flexibility index (Phi) is 6.63. The lowest BCUT2D eigenvalue weighted by Gasteiger charge is -2.31. The number of amides is 1. The van der Waals surface area contributed by atoms with E-state index in [2.05, 4.69) is 11.4 Å². The van der Waals surface area contributed by atoms with Crippen LogP contribution in [0.1, 0.15) is 63.9 Å². The number of aryl methyl sites for hydroxylation is 1. The fourth-order valence-corrected chi connectivity index (χ4v) is 3.65. The highest BCUT2D eigenvalue weighted by molar-refractivity contribution is 6.14. The molecular weight excluding hydrogens is 380 g/mol. The molecule has 1 aliphatic rings. The van der Waals surface area contributed by atoms with E-state index in [0.29, 0.717) is 18.4 Å². The second-order valence-electron chi connectivity index (χ2n) is 7.62. The maximum Gasteiger partial charge on any atom is 0.339 e. The number of carbonyl (C=O) groups is 3. The average molecular weight is 404 g/mol. The minimum Gasteiger partial charge on any atom is -0.452 e. The van der Waals surface area contributed by atoms with Gasteiger partial charge in [-0.3, -0.25) is 9.59 Å². The van der Waals surface area contributed by atoms with E-state index in [-0.39, 0.29) is 16.9 Å². The van der Waals surface area contributed by atoms with Crippen molar-refractivity contribution < 1.29 is 19.1 Å². The van der Waals surface area contributed by atoms with E-state index < -0.39 is 24.0 Å². The molecule has 0 saturated heterocycles. The van der Waals surface area contributed by atoms with Crippen molar-refractivity contribution in [3.63, 3.8) is 0 Å². The van der Waals surface area contributed by atoms with Gasteiger partial charge in [0.25, 0.3) is 5.91 Å². The number of benzene rings is 2. The summed E-state index contributed by atoms with van der Waals surface area (Å²) in [6.45, 7) is 1.42. The number of ketones is 1. The molecule has 2 aromatic carbocycles. The van der Waals surface area contributed by atoms with Crippen LogP contribution in [0, 0.1) is 18.3 Å². The highest BCUT2D eigenvalue weighted by atomic mass is 16.5. The number of rotatable bonds is 6. The molecule has 0 bridgehead atoms. The molecule has 30 heavy (non-hydrogen) atoms. The third kappa shape index (κ3) is 4.93. The molecule has 0 aromatic heterocycles. The van der Waals surface area contributed by atoms with Gasteiger partial charge in [0, 0.05) is 11.1 Å². The summed E-state index contributed by atoms with van der Waals surface area (Å²) in [6.07, 6.45) is 3.98. The number of nitriles is 1. The zero-order valence-corrected chi connectivity index (χ0v) is 16.9. The summed E-state index contributed by atoms with van der Waals surface area (Å²) in [7, 11) is 0. The van der Waals surface area contributed by atoms with Crippen LogP contribution < -0.4 is 5.32 Å². The molecule has 3 rings (SSSR count). The van der Waals surface area contributed by atoms with Crippen molar-refractivity contribution in [3.8, 4) is 6.07 Å². The molecule has 1 aliphatic carbocycles. The molecule has 0 aliphatic heterocycles. The first-order valence-electron chi connectivity index (χ1n) is 10.0. The SMILES string of the molecule is Cc1ccc(C(=O)c2ccccc2C(=O)OCC(=O)NC2(C#N)CCCCC2)cc1. The number of ether oxygens (including phenoxy) is 1. The Morgan fingerprint density at radius 3 is 2.27 bits per heavy atom. The van der Waals surface area contributed by atoms with E-state index in [1.54, 1.807) is 30.3 Å². The minimum atomic E-state index is -0.888. The van der Waals surface area contributed by atoms with Gasteiger partial charge in [0.05, 0.1) is 11.6 Å². The maximum atomic E-state index is 12.8. The minimum absolute atomic E-state index is 0.100. The molecule has 1 fully saturated rings. The summed E-state index contributed by atoms with van der Waals surface area (Å²) in [5, 5.41) is 12.2. The van der Waals surface area contributed by atoms with Crippen molar-refractivity contribution in [3.05, 3.63) is 70.8 Å². The summed E-state index contributed by atoms with van der Waals surface area (Å²) in [6, 6.07) is 15.6. The zero-order chi connectivity index (χ0) is 21.6. The maximum absolute atomic E-state index is 12.8. The number of hydrogen-bond acceptors (Lipinski definition) is 5. The van der Waals surface area contributed by atoms with E-state index in [1.807, 2.05) is 19.1 Å². The summed E-state index contributed by atoms with van der Waals surface area (Å²) in [4.78, 5) is 37.7. The number of nitrogens with one attached hydrogen (secondary N) is 1. The number of nitrogens with zero attached hydrogens (tertiary/aromatic N) is 1. The third-order valence-corrected chi connectivity index (χ3v) is 5.34. The molecule has 1 saturated carbocycles. The molecule has 1 amide bonds. The fourth-order valence-electron chi connectivity index (χ4n) is 3.65. The molecule has 0 radical (unpaired) electrons. The lowest BCUT2D eigenvalue weighted by atomic mass is 9.83. The summed E-state index contributed by atoms with van der Waals surface area (Å²) < 4.78 is 5.15. The smallest absolute Gasteiger partial charge is 0.339 e. The van der Waals surface area contributed by atoms with Gasteiger partial charge in [-0.25, -0.2) is 4.79 Å². The molecule has 0 atom stereocenters. The van der Waals surface area contributed by atoms with E-state index in [1.165, 1.54) is 6.07 Å². The van der Waals surface area contributed by atoms with Crippen LogP contribution in [0.4, 0.5) is 0 Å². The van der Waals surface area contributed by atoms with Crippen molar-refractivity contribution in [2.75, 3.05) is 6.61 Å². The van der Waals surface area contributed by atoms with Crippen LogP contribution in [0.15, 0.2) is 48.5 Å². The van der Waals surface area contributed by atoms with Crippen LogP contribution in [0.25, 0.3) is 0 Å². The molecule has 2 aromatic rings. The fraction of sp³-hybridized carbons (Fsp3) is 0.333. The van der Waals surface area contributed by atoms with Gasteiger partial charge in [0.2, 0.25) is 0 Å². The average Bonchev–Trinajstić information content (AvgIpc) is 2.78. The van der Waals surface area contributed by atoms with Gasteiger partial charge in [0.15, 0.2) is 12.4 Å². The van der Waals surface area contributed by atoms with Crippen LogP contribution >= 0.6 is 0 Å². The van der Waals surface area contributed by atoms with E-state index in [4.69, 9.17) is 4.74 Å². The van der Waals surface area contributed by atoms with Crippen LogP contribution in [-0.4, -0.2) is 29.8 Å². The Balaban J connectivity index is 1.67. The van der Waals surface area contributed by atoms with Gasteiger partial charge in [-0.1, -0.05) is 67.3 Å². The largest absolute Gasteiger partial charge is 0.452 e. The predicted octanol–water partition coefficient (Wildman–Crippen LogP) is 3.73. The van der Waals surface area contributed by atoms with Crippen molar-refractivity contribution in [1.29, 1.82) is 5.26 Å². The monoisotopic (exact) mass is 404 g/mol. The highest BCUT2D eigenvalue weighted by Crippen LogP contribution is 2.27. The topological polar surface area (TPSA) is 96.3 Å². The summed E-state index contributed by atoms with van der Waals surface area (Å²) in [5.74, 6) is -1.57. The molecule has 6 nitrogen and oxygen atoms in total. The van der Waals surface area contributed by atoms with E-state index in [9.17, 15) is 19.6 Å². The van der Waals surface area contributed by atoms with Gasteiger partial charge in [-0.05, 0) is 25.8 Å². The second kappa shape index (κ2) is 9.36. The van der Waals surface area contributed by atoms with Crippen LogP contribution in [-0.2, 0) is 9.53 Å². The summed E-state index contributed by atoms with van der Waals surface area (Å²) >= 11 is 0. The van der Waals surface area contributed by atoms with Gasteiger partial charge >= 0.3 is 5.97 Å². The number of esters is 1.